The van der Waals surface area contributed by atoms with Crippen LogP contribution in [0, 0.1) is 10.1 Å². The molecule has 1 N–H and O–H groups in total. The largest absolute Gasteiger partial charge is 0.302 e. The first-order chi connectivity index (χ1) is 10.2. The summed E-state index contributed by atoms with van der Waals surface area (Å²) in [5, 5.41) is 11.1. The smallest absolute Gasteiger partial charge is 0.289 e. The Kier molecular flexibility index (Phi) is 5.42. The lowest BCUT2D eigenvalue weighted by Gasteiger charge is -2.10. The summed E-state index contributed by atoms with van der Waals surface area (Å²) in [7, 11) is 0. The molecular weight excluding hydrogens is 290 g/mol. The molecule has 0 bridgehead atoms. The van der Waals surface area contributed by atoms with Crippen LogP contribution in [0.1, 0.15) is 5.56 Å². The maximum Gasteiger partial charge on any atom is 0.302 e. The van der Waals surface area contributed by atoms with E-state index in [1.807, 2.05) is 36.6 Å². The Morgan fingerprint density at radius 2 is 2.05 bits per heavy atom. The highest BCUT2D eigenvalue weighted by molar-refractivity contribution is 7.97. The van der Waals surface area contributed by atoms with Crippen LogP contribution < -0.4 is 4.72 Å². The molecule has 2 aromatic rings. The van der Waals surface area contributed by atoms with Crippen molar-refractivity contribution in [2.24, 2.45) is 0 Å². The molecule has 1 aromatic carbocycles. The number of hydrogen-bond acceptors (Lipinski definition) is 6. The van der Waals surface area contributed by atoms with E-state index >= 15 is 0 Å². The van der Waals surface area contributed by atoms with Crippen LogP contribution in [0.2, 0.25) is 0 Å². The van der Waals surface area contributed by atoms with Gasteiger partial charge in [-0.05, 0) is 30.0 Å². The maximum absolute atomic E-state index is 11.0. The van der Waals surface area contributed by atoms with Gasteiger partial charge >= 0.3 is 5.69 Å². The van der Waals surface area contributed by atoms with Crippen molar-refractivity contribution in [1.82, 2.24) is 9.71 Å². The zero-order valence-corrected chi connectivity index (χ0v) is 11.7. The third-order valence-electron chi connectivity index (χ3n) is 2.67. The molecule has 2 rings (SSSR count). The van der Waals surface area contributed by atoms with Gasteiger partial charge in [-0.15, -0.1) is 0 Å². The Hall–Kier alpha value is -2.25. The number of aromatic nitrogens is 1. The number of nitrogens with one attached hydrogen (secondary N) is 1. The summed E-state index contributed by atoms with van der Waals surface area (Å²) in [6, 6.07) is 11.8. The topological polar surface area (TPSA) is 85.1 Å². The van der Waals surface area contributed by atoms with E-state index in [9.17, 15) is 14.9 Å². The molecule has 6 nitrogen and oxygen atoms in total. The van der Waals surface area contributed by atoms with Gasteiger partial charge in [-0.1, -0.05) is 30.3 Å². The monoisotopic (exact) mass is 302 g/mol. The third kappa shape index (κ3) is 4.37. The molecule has 1 radical (unpaired) electrons. The van der Waals surface area contributed by atoms with E-state index in [0.29, 0.717) is 6.42 Å². The predicted molar refractivity (Wildman–Crippen MR) is 79.5 cm³/mol. The summed E-state index contributed by atoms with van der Waals surface area (Å²) in [5.41, 5.74) is 0.883. The highest BCUT2D eigenvalue weighted by atomic mass is 32.2. The average molecular weight is 302 g/mol. The predicted octanol–water partition coefficient (Wildman–Crippen LogP) is 2.31. The number of pyridine rings is 1. The van der Waals surface area contributed by atoms with Crippen molar-refractivity contribution in [2.75, 3.05) is 0 Å². The van der Waals surface area contributed by atoms with E-state index in [0.717, 1.165) is 17.5 Å². The molecule has 1 aromatic heterocycles. The number of benzene rings is 1. The van der Waals surface area contributed by atoms with Crippen LogP contribution in [0.4, 0.5) is 5.69 Å². The lowest BCUT2D eigenvalue weighted by atomic mass is 10.1. The minimum Gasteiger partial charge on any atom is -0.289 e. The fourth-order valence-electron chi connectivity index (χ4n) is 1.68. The molecule has 0 saturated carbocycles. The molecule has 0 aliphatic heterocycles. The van der Waals surface area contributed by atoms with Gasteiger partial charge in [0, 0.05) is 12.3 Å². The Bertz CT molecular complexity index is 622. The number of nitro groups is 1. The van der Waals surface area contributed by atoms with Crippen molar-refractivity contribution in [2.45, 2.75) is 17.5 Å². The zero-order valence-electron chi connectivity index (χ0n) is 10.9. The fraction of sp³-hybridized carbons (Fsp3) is 0.143. The Labute approximate surface area is 125 Å². The van der Waals surface area contributed by atoms with Gasteiger partial charge in [0.15, 0.2) is 5.03 Å². The molecule has 0 aliphatic rings. The van der Waals surface area contributed by atoms with Gasteiger partial charge < -0.3 is 0 Å². The molecule has 107 valence electrons. The second-order valence-corrected chi connectivity index (χ2v) is 4.99. The van der Waals surface area contributed by atoms with E-state index in [1.165, 1.54) is 18.3 Å². The van der Waals surface area contributed by atoms with Crippen molar-refractivity contribution in [3.63, 3.8) is 0 Å². The van der Waals surface area contributed by atoms with Crippen LogP contribution in [0.25, 0.3) is 0 Å². The summed E-state index contributed by atoms with van der Waals surface area (Å²) >= 11 is 0.962. The van der Waals surface area contributed by atoms with Crippen molar-refractivity contribution in [3.05, 3.63) is 64.3 Å². The number of nitrogens with zero attached hydrogens (tertiary/aromatic N) is 2. The molecule has 1 heterocycles. The highest BCUT2D eigenvalue weighted by Gasteiger charge is 2.17. The van der Waals surface area contributed by atoms with Gasteiger partial charge in [0.1, 0.15) is 0 Å². The van der Waals surface area contributed by atoms with Gasteiger partial charge in [0.2, 0.25) is 6.29 Å². The lowest BCUT2D eigenvalue weighted by molar-refractivity contribution is -0.388. The van der Waals surface area contributed by atoms with Gasteiger partial charge in [-0.2, -0.15) is 0 Å². The van der Waals surface area contributed by atoms with Crippen LogP contribution in [0.15, 0.2) is 53.7 Å². The second kappa shape index (κ2) is 7.51. The van der Waals surface area contributed by atoms with Crippen molar-refractivity contribution < 1.29 is 9.72 Å². The minimum absolute atomic E-state index is 0.0978. The molecule has 0 fully saturated rings. The first-order valence-corrected chi connectivity index (χ1v) is 6.95. The van der Waals surface area contributed by atoms with Crippen molar-refractivity contribution in [3.8, 4) is 0 Å². The molecule has 0 spiro atoms. The highest BCUT2D eigenvalue weighted by Crippen LogP contribution is 2.24. The lowest BCUT2D eigenvalue weighted by Crippen LogP contribution is -2.27. The number of hydrogen-bond donors (Lipinski definition) is 1. The van der Waals surface area contributed by atoms with E-state index in [1.54, 1.807) is 0 Å². The molecule has 1 atom stereocenters. The van der Waals surface area contributed by atoms with Crippen LogP contribution in [-0.4, -0.2) is 22.2 Å². The van der Waals surface area contributed by atoms with Crippen molar-refractivity contribution >= 4 is 23.9 Å². The van der Waals surface area contributed by atoms with E-state index < -0.39 is 11.0 Å². The Morgan fingerprint density at radius 3 is 2.71 bits per heavy atom. The molecule has 7 heteroatoms. The molecule has 0 amide bonds. The molecule has 21 heavy (non-hydrogen) atoms. The number of carbonyl (C=O) groups excluding carboxylic acids is 1. The Balaban J connectivity index is 2.01. The van der Waals surface area contributed by atoms with Crippen LogP contribution >= 0.6 is 11.9 Å². The summed E-state index contributed by atoms with van der Waals surface area (Å²) in [6.07, 6.45) is 3.81. The molecule has 0 saturated heterocycles. The molecule has 0 aliphatic carbocycles. The minimum atomic E-state index is -0.570. The van der Waals surface area contributed by atoms with E-state index in [-0.39, 0.29) is 10.7 Å². The summed E-state index contributed by atoms with van der Waals surface area (Å²) in [4.78, 5) is 25.3. The molecule has 0 unspecified atom stereocenters. The second-order valence-electron chi connectivity index (χ2n) is 4.16. The van der Waals surface area contributed by atoms with Crippen LogP contribution in [-0.2, 0) is 11.2 Å². The maximum atomic E-state index is 11.0. The van der Waals surface area contributed by atoms with Crippen LogP contribution in [0.3, 0.4) is 0 Å². The Morgan fingerprint density at radius 1 is 1.29 bits per heavy atom. The fourth-order valence-corrected chi connectivity index (χ4v) is 2.43. The normalized spacial score (nSPS) is 11.8. The first-order valence-electron chi connectivity index (χ1n) is 6.14. The zero-order chi connectivity index (χ0) is 15.1. The van der Waals surface area contributed by atoms with Gasteiger partial charge in [0.25, 0.3) is 0 Å². The summed E-state index contributed by atoms with van der Waals surface area (Å²) < 4.78 is 2.86. The van der Waals surface area contributed by atoms with Crippen LogP contribution in [0.5, 0.6) is 0 Å². The SMILES string of the molecule is O=[C][C@H](Cc1ccccc1)NSc1ncccc1[N+](=O)[O-]. The summed E-state index contributed by atoms with van der Waals surface area (Å²) in [5.74, 6) is 0. The van der Waals surface area contributed by atoms with Gasteiger partial charge in [-0.25, -0.2) is 9.71 Å². The van der Waals surface area contributed by atoms with Gasteiger partial charge in [-0.3, -0.25) is 14.9 Å². The average Bonchev–Trinajstić information content (AvgIpc) is 2.52. The van der Waals surface area contributed by atoms with Crippen molar-refractivity contribution in [1.29, 1.82) is 0 Å². The van der Waals surface area contributed by atoms with E-state index in [4.69, 9.17) is 0 Å². The van der Waals surface area contributed by atoms with Gasteiger partial charge in [0.05, 0.1) is 11.0 Å². The standard InChI is InChI=1S/C14H12N3O3S/c18-10-12(9-11-5-2-1-3-6-11)16-21-14-13(17(19)20)7-4-8-15-14/h1-8,12,16H,9H2/t12-/m0/s1. The molecular formula is C14H12N3O3S. The van der Waals surface area contributed by atoms with E-state index in [2.05, 4.69) is 9.71 Å². The number of rotatable bonds is 7. The third-order valence-corrected chi connectivity index (χ3v) is 3.58. The summed E-state index contributed by atoms with van der Waals surface area (Å²) in [6.45, 7) is 0. The quantitative estimate of drug-likeness (QED) is 0.480. The first kappa shape index (κ1) is 15.1.